The number of aryl methyl sites for hydroxylation is 1. The molecular formula is C21H24ClN3O3. The Morgan fingerprint density at radius 3 is 2.68 bits per heavy atom. The number of halogens is 1. The maximum Gasteiger partial charge on any atom is 0.227 e. The Kier molecular flexibility index (Phi) is 5.76. The average molecular weight is 402 g/mol. The van der Waals surface area contributed by atoms with E-state index in [1.165, 1.54) is 19.3 Å². The van der Waals surface area contributed by atoms with Crippen LogP contribution in [-0.2, 0) is 11.2 Å². The molecule has 1 aliphatic carbocycles. The van der Waals surface area contributed by atoms with Crippen molar-refractivity contribution in [3.8, 4) is 0 Å². The molecule has 6 nitrogen and oxygen atoms in total. The van der Waals surface area contributed by atoms with Gasteiger partial charge in [-0.3, -0.25) is 9.59 Å². The molecule has 2 fully saturated rings. The largest absolute Gasteiger partial charge is 0.339 e. The number of carbonyl (C=O) groups excluding carboxylic acids is 2. The van der Waals surface area contributed by atoms with Crippen LogP contribution in [0.3, 0.4) is 0 Å². The van der Waals surface area contributed by atoms with Crippen molar-refractivity contribution >= 4 is 23.3 Å². The van der Waals surface area contributed by atoms with Gasteiger partial charge in [-0.15, -0.1) is 0 Å². The summed E-state index contributed by atoms with van der Waals surface area (Å²) in [6, 6.07) is 7.21. The van der Waals surface area contributed by atoms with Crippen LogP contribution >= 0.6 is 11.6 Å². The van der Waals surface area contributed by atoms with Crippen molar-refractivity contribution < 1.29 is 14.1 Å². The second-order valence-electron chi connectivity index (χ2n) is 7.72. The number of rotatable bonds is 6. The van der Waals surface area contributed by atoms with Gasteiger partial charge in [-0.25, -0.2) is 0 Å². The van der Waals surface area contributed by atoms with Crippen LogP contribution in [0, 0.1) is 0 Å². The molecule has 0 spiro atoms. The minimum absolute atomic E-state index is 0.0101. The monoisotopic (exact) mass is 401 g/mol. The van der Waals surface area contributed by atoms with E-state index in [1.807, 2.05) is 4.90 Å². The van der Waals surface area contributed by atoms with Crippen molar-refractivity contribution in [2.24, 2.45) is 0 Å². The maximum absolute atomic E-state index is 12.4. The Hall–Kier alpha value is -2.21. The summed E-state index contributed by atoms with van der Waals surface area (Å²) in [6.45, 7) is 0.673. The Balaban J connectivity index is 1.33. The van der Waals surface area contributed by atoms with Gasteiger partial charge in [-0.05, 0) is 37.1 Å². The highest BCUT2D eigenvalue weighted by atomic mass is 35.5. The van der Waals surface area contributed by atoms with Crippen LogP contribution in [0.4, 0.5) is 0 Å². The number of Topliss-reactive ketones (excluding diaryl/α,β-unsaturated/α-hetero) is 1. The topological polar surface area (TPSA) is 76.3 Å². The molecule has 0 radical (unpaired) electrons. The summed E-state index contributed by atoms with van der Waals surface area (Å²) in [6.07, 6.45) is 7.00. The third kappa shape index (κ3) is 4.27. The molecule has 1 aliphatic heterocycles. The molecule has 28 heavy (non-hydrogen) atoms. The molecule has 1 aromatic carbocycles. The van der Waals surface area contributed by atoms with Crippen LogP contribution in [-0.4, -0.2) is 39.3 Å². The van der Waals surface area contributed by atoms with E-state index in [-0.39, 0.29) is 17.6 Å². The first kappa shape index (κ1) is 19.1. The van der Waals surface area contributed by atoms with E-state index in [0.717, 1.165) is 12.8 Å². The zero-order chi connectivity index (χ0) is 19.5. The number of hydrogen-bond acceptors (Lipinski definition) is 5. The fourth-order valence-corrected chi connectivity index (χ4v) is 4.31. The minimum Gasteiger partial charge on any atom is -0.339 e. The van der Waals surface area contributed by atoms with E-state index >= 15 is 0 Å². The molecule has 2 aromatic rings. The fourth-order valence-electron chi connectivity index (χ4n) is 4.19. The first-order valence-corrected chi connectivity index (χ1v) is 10.4. The quantitative estimate of drug-likeness (QED) is 0.678. The molecule has 2 aliphatic rings. The number of benzene rings is 1. The van der Waals surface area contributed by atoms with Gasteiger partial charge < -0.3 is 9.42 Å². The standard InChI is InChI=1S/C21H24ClN3O3/c22-16-8-6-14(7-9-16)18(26)10-11-19-23-21(24-28-19)15-12-20(27)25(13-15)17-4-2-1-3-5-17/h6-9,15,17H,1-5,10-13H2. The van der Waals surface area contributed by atoms with Gasteiger partial charge in [0.25, 0.3) is 0 Å². The zero-order valence-corrected chi connectivity index (χ0v) is 16.5. The molecule has 4 rings (SSSR count). The van der Waals surface area contributed by atoms with E-state index in [2.05, 4.69) is 10.1 Å². The summed E-state index contributed by atoms with van der Waals surface area (Å²) in [5.74, 6) is 1.22. The molecular weight excluding hydrogens is 378 g/mol. The third-order valence-corrected chi connectivity index (χ3v) is 6.01. The first-order chi connectivity index (χ1) is 13.6. The van der Waals surface area contributed by atoms with Crippen molar-refractivity contribution in [2.45, 2.75) is 63.3 Å². The Bertz CT molecular complexity index is 843. The van der Waals surface area contributed by atoms with Gasteiger partial charge >= 0.3 is 0 Å². The number of amides is 1. The van der Waals surface area contributed by atoms with E-state index in [9.17, 15) is 9.59 Å². The normalized spacial score (nSPS) is 20.7. The lowest BCUT2D eigenvalue weighted by atomic mass is 9.94. The van der Waals surface area contributed by atoms with Crippen molar-refractivity contribution in [3.05, 3.63) is 46.6 Å². The molecule has 1 unspecified atom stereocenters. The van der Waals surface area contributed by atoms with Crippen LogP contribution in [0.5, 0.6) is 0 Å². The first-order valence-electron chi connectivity index (χ1n) is 10.0. The lowest BCUT2D eigenvalue weighted by Crippen LogP contribution is -2.37. The van der Waals surface area contributed by atoms with Gasteiger partial charge in [0.05, 0.1) is 0 Å². The molecule has 148 valence electrons. The third-order valence-electron chi connectivity index (χ3n) is 5.75. The van der Waals surface area contributed by atoms with E-state index in [0.29, 0.717) is 54.2 Å². The van der Waals surface area contributed by atoms with E-state index < -0.39 is 0 Å². The van der Waals surface area contributed by atoms with Gasteiger partial charge in [-0.1, -0.05) is 36.0 Å². The lowest BCUT2D eigenvalue weighted by molar-refractivity contribution is -0.130. The summed E-state index contributed by atoms with van der Waals surface area (Å²) in [5.41, 5.74) is 0.619. The molecule has 1 aromatic heterocycles. The summed E-state index contributed by atoms with van der Waals surface area (Å²) in [4.78, 5) is 31.2. The summed E-state index contributed by atoms with van der Waals surface area (Å²) in [5, 5.41) is 4.68. The summed E-state index contributed by atoms with van der Waals surface area (Å²) >= 11 is 5.85. The molecule has 1 saturated carbocycles. The predicted octanol–water partition coefficient (Wildman–Crippen LogP) is 4.19. The molecule has 0 bridgehead atoms. The Labute approximate surface area is 169 Å². The van der Waals surface area contributed by atoms with Crippen LogP contribution < -0.4 is 0 Å². The maximum atomic E-state index is 12.4. The van der Waals surface area contributed by atoms with Gasteiger partial charge in [-0.2, -0.15) is 4.98 Å². The number of carbonyl (C=O) groups is 2. The van der Waals surface area contributed by atoms with Gasteiger partial charge in [0.1, 0.15) is 0 Å². The van der Waals surface area contributed by atoms with Crippen molar-refractivity contribution in [1.82, 2.24) is 15.0 Å². The van der Waals surface area contributed by atoms with Crippen molar-refractivity contribution in [1.29, 1.82) is 0 Å². The highest BCUT2D eigenvalue weighted by Gasteiger charge is 2.37. The summed E-state index contributed by atoms with van der Waals surface area (Å²) < 4.78 is 5.33. The number of ketones is 1. The number of aromatic nitrogens is 2. The fraction of sp³-hybridized carbons (Fsp3) is 0.524. The van der Waals surface area contributed by atoms with Crippen molar-refractivity contribution in [2.75, 3.05) is 6.54 Å². The molecule has 1 atom stereocenters. The molecule has 7 heteroatoms. The minimum atomic E-state index is -0.0149. The predicted molar refractivity (Wildman–Crippen MR) is 104 cm³/mol. The Morgan fingerprint density at radius 2 is 1.93 bits per heavy atom. The van der Waals surface area contributed by atoms with Gasteiger partial charge in [0.15, 0.2) is 11.6 Å². The SMILES string of the molecule is O=C(CCc1nc(C2CC(=O)N(C3CCCCC3)C2)no1)c1ccc(Cl)cc1. The van der Waals surface area contributed by atoms with Crippen LogP contribution in [0.1, 0.15) is 72.9 Å². The van der Waals surface area contributed by atoms with Crippen molar-refractivity contribution in [3.63, 3.8) is 0 Å². The molecule has 1 amide bonds. The second-order valence-corrected chi connectivity index (χ2v) is 8.15. The zero-order valence-electron chi connectivity index (χ0n) is 15.8. The lowest BCUT2D eigenvalue weighted by Gasteiger charge is -2.31. The number of hydrogen-bond donors (Lipinski definition) is 0. The molecule has 1 saturated heterocycles. The van der Waals surface area contributed by atoms with Gasteiger partial charge in [0.2, 0.25) is 11.8 Å². The second kappa shape index (κ2) is 8.43. The van der Waals surface area contributed by atoms with Crippen LogP contribution in [0.15, 0.2) is 28.8 Å². The summed E-state index contributed by atoms with van der Waals surface area (Å²) in [7, 11) is 0. The smallest absolute Gasteiger partial charge is 0.227 e. The highest BCUT2D eigenvalue weighted by Crippen LogP contribution is 2.32. The Morgan fingerprint density at radius 1 is 1.18 bits per heavy atom. The van der Waals surface area contributed by atoms with E-state index in [4.69, 9.17) is 16.1 Å². The molecule has 2 heterocycles. The number of nitrogens with zero attached hydrogens (tertiary/aromatic N) is 3. The van der Waals surface area contributed by atoms with Gasteiger partial charge in [0, 0.05) is 48.4 Å². The number of likely N-dealkylation sites (tertiary alicyclic amines) is 1. The highest BCUT2D eigenvalue weighted by molar-refractivity contribution is 6.30. The van der Waals surface area contributed by atoms with Crippen LogP contribution in [0.2, 0.25) is 5.02 Å². The average Bonchev–Trinajstić information content (AvgIpc) is 3.34. The van der Waals surface area contributed by atoms with E-state index in [1.54, 1.807) is 24.3 Å². The van der Waals surface area contributed by atoms with Crippen LogP contribution in [0.25, 0.3) is 0 Å². The molecule has 0 N–H and O–H groups in total.